The predicted octanol–water partition coefficient (Wildman–Crippen LogP) is 8.32. The van der Waals surface area contributed by atoms with E-state index < -0.39 is 6.04 Å². The summed E-state index contributed by atoms with van der Waals surface area (Å²) in [5, 5.41) is 0. The van der Waals surface area contributed by atoms with Crippen molar-refractivity contribution in [2.45, 2.75) is 39.5 Å². The van der Waals surface area contributed by atoms with E-state index in [0.717, 1.165) is 72.7 Å². The Labute approximate surface area is 269 Å². The first-order valence-corrected chi connectivity index (χ1v) is 14.0. The Bertz CT molecular complexity index is 1980. The van der Waals surface area contributed by atoms with Crippen molar-refractivity contribution in [1.29, 1.82) is 0 Å². The number of hydrogen-bond acceptors (Lipinski definition) is 5. The normalized spacial score (nSPS) is 15.7. The van der Waals surface area contributed by atoms with Gasteiger partial charge in [-0.25, -0.2) is 9.97 Å². The van der Waals surface area contributed by atoms with Crippen LogP contribution in [0.25, 0.3) is 11.1 Å². The van der Waals surface area contributed by atoms with Crippen LogP contribution >= 0.6 is 0 Å². The number of fused-ring (bicyclic) bond motifs is 2. The average Bonchev–Trinajstić information content (AvgIpc) is 3.06. The maximum absolute atomic E-state index is 8.41. The third kappa shape index (κ3) is 5.58. The van der Waals surface area contributed by atoms with Crippen LogP contribution in [0.5, 0.6) is 11.5 Å². The zero-order chi connectivity index (χ0) is 32.1. The molecule has 0 fully saturated rings. The van der Waals surface area contributed by atoms with E-state index in [1.54, 1.807) is 6.20 Å². The van der Waals surface area contributed by atoms with Gasteiger partial charge in [-0.2, -0.15) is 12.1 Å². The van der Waals surface area contributed by atoms with Gasteiger partial charge in [-0.3, -0.25) is 0 Å². The molecule has 212 valence electrons. The second-order valence-corrected chi connectivity index (χ2v) is 10.6. The van der Waals surface area contributed by atoms with Crippen LogP contribution in [0.3, 0.4) is 0 Å². The van der Waals surface area contributed by atoms with E-state index in [0.29, 0.717) is 22.9 Å². The fourth-order valence-corrected chi connectivity index (χ4v) is 5.65. The van der Waals surface area contributed by atoms with Crippen LogP contribution in [0, 0.1) is 26.0 Å². The first-order valence-electron chi connectivity index (χ1n) is 16.5. The van der Waals surface area contributed by atoms with E-state index in [4.69, 9.17) is 16.6 Å². The predicted molar refractivity (Wildman–Crippen MR) is 165 cm³/mol. The molecule has 7 rings (SSSR count). The van der Waals surface area contributed by atoms with Gasteiger partial charge in [0.25, 0.3) is 0 Å². The first-order chi connectivity index (χ1) is 22.2. The molecule has 0 unspecified atom stereocenters. The molecule has 0 atom stereocenters. The van der Waals surface area contributed by atoms with Gasteiger partial charge in [0.15, 0.2) is 0 Å². The van der Waals surface area contributed by atoms with Gasteiger partial charge in [0.2, 0.25) is 0 Å². The number of pyridine rings is 2. The van der Waals surface area contributed by atoms with Crippen molar-refractivity contribution in [1.82, 2.24) is 9.97 Å². The zero-order valence-electron chi connectivity index (χ0n) is 28.5. The molecule has 6 heteroatoms. The summed E-state index contributed by atoms with van der Waals surface area (Å²) in [7, 11) is 0. The van der Waals surface area contributed by atoms with Crippen molar-refractivity contribution in [3.05, 3.63) is 119 Å². The maximum Gasteiger partial charge on any atom is 2.00 e. The molecule has 4 heterocycles. The van der Waals surface area contributed by atoms with Gasteiger partial charge >= 0.3 is 21.1 Å². The minimum absolute atomic E-state index is 0. The van der Waals surface area contributed by atoms with E-state index >= 15 is 0 Å². The molecular formula is C36H32N4OPt. The molecule has 2 aliphatic heterocycles. The van der Waals surface area contributed by atoms with Crippen LogP contribution < -0.4 is 14.5 Å². The summed E-state index contributed by atoms with van der Waals surface area (Å²) < 4.78 is 47.3. The van der Waals surface area contributed by atoms with Gasteiger partial charge < -0.3 is 14.5 Å². The molecule has 2 aromatic heterocycles. The molecule has 0 radical (unpaired) electrons. The number of ether oxygens (including phenoxy) is 1. The second kappa shape index (κ2) is 12.1. The van der Waals surface area contributed by atoms with Crippen molar-refractivity contribution in [3.8, 4) is 22.6 Å². The fraction of sp³-hybridized carbons (Fsp3) is 0.222. The van der Waals surface area contributed by atoms with Crippen molar-refractivity contribution >= 4 is 23.0 Å². The Kier molecular flexibility index (Phi) is 6.52. The third-order valence-corrected chi connectivity index (χ3v) is 7.70. The largest absolute Gasteiger partial charge is 2.00 e. The van der Waals surface area contributed by atoms with Gasteiger partial charge in [0, 0.05) is 42.5 Å². The molecule has 0 aliphatic carbocycles. The minimum atomic E-state index is -0.409. The topological polar surface area (TPSA) is 41.5 Å². The standard InChI is InChI=1S/C36H32N4O.Pt/c1-25-16-17-37-35(20-25)39-18-6-10-28-12-14-30(22-33(28)39)41-31-15-13-29-11-7-19-40(34(29)23-31)36-21-26(2)32(24-38-36)27-8-4-3-5-9-27;/h3-5,8-9,12-17,20-21,24H,6-7,10-11,18-19H2,1-2H3;/q-2;+2/i3D,4D,5D,8D,9D;. The summed E-state index contributed by atoms with van der Waals surface area (Å²) in [5.41, 5.74) is 6.81. The third-order valence-electron chi connectivity index (χ3n) is 7.70. The Morgan fingerprint density at radius 1 is 0.786 bits per heavy atom. The van der Waals surface area contributed by atoms with Crippen LogP contribution in [0.15, 0.2) is 85.1 Å². The number of hydrogen-bond donors (Lipinski definition) is 0. The number of aromatic nitrogens is 2. The first kappa shape index (κ1) is 22.6. The summed E-state index contributed by atoms with van der Waals surface area (Å²) in [4.78, 5) is 13.6. The molecule has 0 saturated heterocycles. The van der Waals surface area contributed by atoms with Crippen LogP contribution in [-0.4, -0.2) is 23.1 Å². The van der Waals surface area contributed by atoms with E-state index in [1.165, 1.54) is 5.56 Å². The van der Waals surface area contributed by atoms with Crippen LogP contribution in [0.2, 0.25) is 0 Å². The van der Waals surface area contributed by atoms with Crippen molar-refractivity contribution in [2.75, 3.05) is 22.9 Å². The molecule has 0 saturated carbocycles. The van der Waals surface area contributed by atoms with Crippen LogP contribution in [0.1, 0.15) is 41.9 Å². The SMILES string of the molecule is [2H]c1c([2H])c([2H])c(-c2cnc(N3CCCc4ccc(Oc5[c-]c6c(cc5)CCCN6c5cc(C)ccn5)[c-]c43)cc2C)c([2H])c1[2H].[Pt+2]. The molecule has 3 aromatic carbocycles. The number of benzene rings is 3. The number of anilines is 4. The van der Waals surface area contributed by atoms with Crippen molar-refractivity contribution in [3.63, 3.8) is 0 Å². The molecule has 0 spiro atoms. The minimum Gasteiger partial charge on any atom is -0.509 e. The smallest absolute Gasteiger partial charge is 0.509 e. The Morgan fingerprint density at radius 3 is 2.00 bits per heavy atom. The zero-order valence-corrected chi connectivity index (χ0v) is 25.7. The maximum atomic E-state index is 8.41. The van der Waals surface area contributed by atoms with Gasteiger partial charge in [-0.1, -0.05) is 54.4 Å². The van der Waals surface area contributed by atoms with Crippen molar-refractivity contribution in [2.24, 2.45) is 0 Å². The van der Waals surface area contributed by atoms with Gasteiger partial charge in [0.1, 0.15) is 11.6 Å². The van der Waals surface area contributed by atoms with E-state index in [9.17, 15) is 0 Å². The summed E-state index contributed by atoms with van der Waals surface area (Å²) >= 11 is 0. The molecule has 2 aliphatic rings. The summed E-state index contributed by atoms with van der Waals surface area (Å²) in [6, 6.07) is 19.5. The fourth-order valence-electron chi connectivity index (χ4n) is 5.65. The summed E-state index contributed by atoms with van der Waals surface area (Å²) in [6.07, 6.45) is 7.31. The quantitative estimate of drug-likeness (QED) is 0.170. The van der Waals surface area contributed by atoms with Crippen LogP contribution in [0.4, 0.5) is 23.0 Å². The Balaban J connectivity index is 0.00000386. The molecule has 0 bridgehead atoms. The summed E-state index contributed by atoms with van der Waals surface area (Å²) in [6.45, 7) is 5.54. The van der Waals surface area contributed by atoms with E-state index in [-0.39, 0.29) is 50.8 Å². The Morgan fingerprint density at radius 2 is 1.40 bits per heavy atom. The number of aryl methyl sites for hydroxylation is 4. The number of nitrogens with zero attached hydrogens (tertiary/aromatic N) is 4. The molecule has 0 N–H and O–H groups in total. The molecular weight excluding hydrogens is 700 g/mol. The molecule has 5 nitrogen and oxygen atoms in total. The summed E-state index contributed by atoms with van der Waals surface area (Å²) in [5.74, 6) is 2.79. The Hall–Kier alpha value is -3.95. The molecule has 42 heavy (non-hydrogen) atoms. The number of rotatable bonds is 5. The molecule has 0 amide bonds. The van der Waals surface area contributed by atoms with Gasteiger partial charge in [-0.15, -0.1) is 35.4 Å². The second-order valence-electron chi connectivity index (χ2n) is 10.6. The van der Waals surface area contributed by atoms with Crippen LogP contribution in [-0.2, 0) is 33.9 Å². The monoisotopic (exact) mass is 736 g/mol. The van der Waals surface area contributed by atoms with E-state index in [2.05, 4.69) is 52.0 Å². The molecule has 5 aromatic rings. The van der Waals surface area contributed by atoms with Gasteiger partial charge in [0.05, 0.1) is 6.85 Å². The van der Waals surface area contributed by atoms with Crippen molar-refractivity contribution < 1.29 is 32.7 Å². The van der Waals surface area contributed by atoms with E-state index in [1.807, 2.05) is 37.4 Å². The average molecular weight is 737 g/mol. The van der Waals surface area contributed by atoms with Gasteiger partial charge in [-0.05, 0) is 61.6 Å².